The zero-order valence-corrected chi connectivity index (χ0v) is 26.8. The first-order chi connectivity index (χ1) is 22.2. The number of carbonyl (C=O) groups excluding carboxylic acids is 3. The topological polar surface area (TPSA) is 78.9 Å². The lowest BCUT2D eigenvalue weighted by molar-refractivity contribution is -0.313. The molecule has 4 fully saturated rings. The molecule has 0 N–H and O–H groups in total. The zero-order valence-electron chi connectivity index (χ0n) is 26.8. The van der Waals surface area contributed by atoms with Crippen LogP contribution >= 0.6 is 0 Å². The van der Waals surface area contributed by atoms with Gasteiger partial charge in [0, 0.05) is 12.3 Å². The highest BCUT2D eigenvalue weighted by atomic mass is 19.4. The summed E-state index contributed by atoms with van der Waals surface area (Å²) in [5, 5.41) is 0. The second kappa shape index (κ2) is 13.3. The maximum atomic E-state index is 13.4. The van der Waals surface area contributed by atoms with Gasteiger partial charge in [0.15, 0.2) is 0 Å². The molecule has 0 radical (unpaired) electrons. The molecule has 0 spiro atoms. The summed E-state index contributed by atoms with van der Waals surface area (Å²) < 4.78 is 169. The van der Waals surface area contributed by atoms with Crippen LogP contribution in [0.15, 0.2) is 0 Å². The number of carbonyl (C=O) groups is 3. The fourth-order valence-electron chi connectivity index (χ4n) is 9.92. The molecule has 0 aliphatic heterocycles. The Hall–Kier alpha value is -2.43. The molecule has 282 valence electrons. The van der Waals surface area contributed by atoms with Crippen LogP contribution in [0.4, 0.5) is 52.7 Å². The van der Waals surface area contributed by atoms with E-state index in [4.69, 9.17) is 4.74 Å². The highest BCUT2D eigenvalue weighted by Gasteiger charge is 2.64. The van der Waals surface area contributed by atoms with E-state index < -0.39 is 84.1 Å². The highest BCUT2D eigenvalue weighted by Crippen LogP contribution is 2.69. The van der Waals surface area contributed by atoms with Crippen LogP contribution in [0.2, 0.25) is 0 Å². The van der Waals surface area contributed by atoms with E-state index in [1.165, 1.54) is 0 Å². The van der Waals surface area contributed by atoms with Gasteiger partial charge in [-0.3, -0.25) is 4.79 Å². The lowest BCUT2D eigenvalue weighted by Crippen LogP contribution is -2.59. The van der Waals surface area contributed by atoms with Crippen molar-refractivity contribution in [2.24, 2.45) is 46.3 Å². The van der Waals surface area contributed by atoms with E-state index in [2.05, 4.69) is 9.47 Å². The largest absolute Gasteiger partial charge is 0.490 e. The second-order valence-corrected chi connectivity index (χ2v) is 14.7. The maximum absolute atomic E-state index is 13.4. The summed E-state index contributed by atoms with van der Waals surface area (Å²) >= 11 is 0. The van der Waals surface area contributed by atoms with Gasteiger partial charge in [-0.15, -0.1) is 0 Å². The Balaban J connectivity index is 1.51. The van der Waals surface area contributed by atoms with Crippen LogP contribution in [0.5, 0.6) is 0 Å². The molecule has 4 aliphatic rings. The molecule has 0 bridgehead atoms. The summed E-state index contributed by atoms with van der Waals surface area (Å²) in [4.78, 5) is 35.7. The number of esters is 3. The van der Waals surface area contributed by atoms with Gasteiger partial charge in [-0.25, -0.2) is 9.59 Å². The van der Waals surface area contributed by atoms with Crippen LogP contribution in [-0.2, 0) is 28.6 Å². The zero-order chi connectivity index (χ0) is 37.1. The highest BCUT2D eigenvalue weighted by molar-refractivity contribution is 5.76. The van der Waals surface area contributed by atoms with Crippen molar-refractivity contribution in [2.75, 3.05) is 0 Å². The summed E-state index contributed by atoms with van der Waals surface area (Å²) in [7, 11) is 0. The normalized spacial score (nSPS) is 35.9. The Morgan fingerprint density at radius 3 is 1.78 bits per heavy atom. The van der Waals surface area contributed by atoms with Crippen LogP contribution < -0.4 is 0 Å². The maximum Gasteiger partial charge on any atom is 0.490 e. The number of alkyl halides is 12. The van der Waals surface area contributed by atoms with Crippen molar-refractivity contribution in [3.05, 3.63) is 0 Å². The fourth-order valence-corrected chi connectivity index (χ4v) is 9.92. The average molecular weight is 735 g/mol. The Morgan fingerprint density at radius 2 is 1.22 bits per heavy atom. The van der Waals surface area contributed by atoms with Crippen LogP contribution in [0, 0.1) is 46.3 Å². The predicted octanol–water partition coefficient (Wildman–Crippen LogP) is 8.66. The van der Waals surface area contributed by atoms with Gasteiger partial charge in [-0.05, 0) is 98.2 Å². The van der Waals surface area contributed by atoms with Gasteiger partial charge in [0.2, 0.25) is 0 Å². The third kappa shape index (κ3) is 8.06. The third-order valence-electron chi connectivity index (χ3n) is 12.0. The number of halogens is 12. The van der Waals surface area contributed by atoms with Crippen molar-refractivity contribution >= 4 is 17.9 Å². The van der Waals surface area contributed by atoms with E-state index in [1.54, 1.807) is 6.92 Å². The average Bonchev–Trinajstić information content (AvgIpc) is 3.30. The molecule has 0 aromatic carbocycles. The molecule has 0 aromatic rings. The number of hydrogen-bond donors (Lipinski definition) is 0. The number of fused-ring (bicyclic) bond motifs is 5. The van der Waals surface area contributed by atoms with Crippen LogP contribution in [-0.4, -0.2) is 60.9 Å². The van der Waals surface area contributed by atoms with Gasteiger partial charge in [0.05, 0.1) is 0 Å². The Kier molecular flexibility index (Phi) is 10.7. The van der Waals surface area contributed by atoms with Gasteiger partial charge in [0.25, 0.3) is 6.10 Å². The van der Waals surface area contributed by atoms with E-state index in [1.807, 2.05) is 13.8 Å². The van der Waals surface area contributed by atoms with Crippen molar-refractivity contribution in [3.63, 3.8) is 0 Å². The van der Waals surface area contributed by atoms with Crippen molar-refractivity contribution in [1.82, 2.24) is 0 Å². The second-order valence-electron chi connectivity index (χ2n) is 14.7. The lowest BCUT2D eigenvalue weighted by atomic mass is 9.43. The molecule has 0 amide bonds. The summed E-state index contributed by atoms with van der Waals surface area (Å²) in [6.45, 7) is 5.49. The molecular weight excluding hydrogens is 696 g/mol. The molecule has 4 saturated carbocycles. The van der Waals surface area contributed by atoms with E-state index in [0.717, 1.165) is 0 Å². The molecule has 6 nitrogen and oxygen atoms in total. The summed E-state index contributed by atoms with van der Waals surface area (Å²) in [5.74, 6) is -8.47. The smallest absolute Gasteiger partial charge is 0.456 e. The van der Waals surface area contributed by atoms with E-state index >= 15 is 0 Å². The third-order valence-corrected chi connectivity index (χ3v) is 12.0. The predicted molar refractivity (Wildman–Crippen MR) is 143 cm³/mol. The van der Waals surface area contributed by atoms with Crippen LogP contribution in [0.3, 0.4) is 0 Å². The number of hydrogen-bond acceptors (Lipinski definition) is 6. The van der Waals surface area contributed by atoms with Crippen LogP contribution in [0.1, 0.15) is 85.0 Å². The molecule has 10 atom stereocenters. The van der Waals surface area contributed by atoms with E-state index in [-0.39, 0.29) is 61.7 Å². The monoisotopic (exact) mass is 734 g/mol. The van der Waals surface area contributed by atoms with Gasteiger partial charge in [-0.1, -0.05) is 20.8 Å². The van der Waals surface area contributed by atoms with Crippen LogP contribution in [0.25, 0.3) is 0 Å². The molecule has 0 heterocycles. The Morgan fingerprint density at radius 1 is 0.694 bits per heavy atom. The summed E-state index contributed by atoms with van der Waals surface area (Å²) in [6.07, 6.45) is -27.8. The molecule has 0 aromatic heterocycles. The van der Waals surface area contributed by atoms with Crippen molar-refractivity contribution in [2.45, 2.75) is 128 Å². The fraction of sp³-hybridized carbons (Fsp3) is 0.903. The Labute approximate surface area is 273 Å². The quantitative estimate of drug-likeness (QED) is 0.148. The van der Waals surface area contributed by atoms with Crippen molar-refractivity contribution < 1.29 is 81.3 Å². The molecule has 4 rings (SSSR count). The van der Waals surface area contributed by atoms with Gasteiger partial charge in [0.1, 0.15) is 12.2 Å². The molecule has 49 heavy (non-hydrogen) atoms. The molecule has 0 unspecified atom stereocenters. The molecule has 18 heteroatoms. The minimum atomic E-state index is -5.85. The number of rotatable bonds is 7. The molecular formula is C31H38F12O6. The molecule has 4 aliphatic carbocycles. The van der Waals surface area contributed by atoms with E-state index in [9.17, 15) is 67.1 Å². The number of ether oxygens (including phenoxy) is 3. The van der Waals surface area contributed by atoms with Crippen molar-refractivity contribution in [1.29, 1.82) is 0 Å². The van der Waals surface area contributed by atoms with E-state index in [0.29, 0.717) is 25.7 Å². The van der Waals surface area contributed by atoms with Gasteiger partial charge in [-0.2, -0.15) is 52.7 Å². The first-order valence-electron chi connectivity index (χ1n) is 16.1. The molecule has 0 saturated heterocycles. The standard InChI is InChI=1S/C31H38F12O6/c1-14(4-7-22(44)49-23(28(32,33)34)29(35,36)37)17-5-6-18-16-13-21(48-25(46)31(41,42)43)20-12-15(47-24(45)30(38,39)40)8-10-27(20,3)19(16)9-11-26(17,18)2/h14-21,23H,4-13H2,1-3H3/t14-,15-,16+,17-,18+,19+,20+,21+,26-,27-/m1/s1. The van der Waals surface area contributed by atoms with Crippen molar-refractivity contribution in [3.8, 4) is 0 Å². The first-order valence-corrected chi connectivity index (χ1v) is 16.1. The van der Waals surface area contributed by atoms with Gasteiger partial charge < -0.3 is 14.2 Å². The van der Waals surface area contributed by atoms with Gasteiger partial charge >= 0.3 is 42.6 Å². The first kappa shape index (κ1) is 39.4. The Bertz CT molecular complexity index is 1230. The SMILES string of the molecule is C[C@H](CCC(=O)OC(C(F)(F)F)C(F)(F)F)[C@H]1CC[C@H]2[C@@H]3C[C@H](OC(=O)C(F)(F)F)[C@@H]4C[C@H](OC(=O)C(F)(F)F)CC[C@]4(C)[C@H]3CC[C@]12C. The summed E-state index contributed by atoms with van der Waals surface area (Å²) in [5.41, 5.74) is -1.28. The minimum Gasteiger partial charge on any atom is -0.456 e. The minimum absolute atomic E-state index is 0.0131. The lowest BCUT2D eigenvalue weighted by Gasteiger charge is -2.62. The summed E-state index contributed by atoms with van der Waals surface area (Å²) in [6, 6.07) is 0.